The van der Waals surface area contributed by atoms with Crippen molar-refractivity contribution in [2.24, 2.45) is 7.05 Å². The molecule has 0 radical (unpaired) electrons. The topological polar surface area (TPSA) is 112 Å². The number of nitro groups is 1. The van der Waals surface area contributed by atoms with Crippen molar-refractivity contribution in [3.63, 3.8) is 0 Å². The lowest BCUT2D eigenvalue weighted by Crippen LogP contribution is -2.00. The van der Waals surface area contributed by atoms with Crippen LogP contribution in [0.15, 0.2) is 60.9 Å². The van der Waals surface area contributed by atoms with E-state index < -0.39 is 4.92 Å². The molecular formula is C19H16N6O2. The van der Waals surface area contributed by atoms with Crippen molar-refractivity contribution in [2.75, 3.05) is 11.1 Å². The van der Waals surface area contributed by atoms with Gasteiger partial charge in [0.25, 0.3) is 5.69 Å². The van der Waals surface area contributed by atoms with Crippen molar-refractivity contribution in [1.82, 2.24) is 14.5 Å². The van der Waals surface area contributed by atoms with Crippen molar-refractivity contribution in [3.8, 4) is 11.3 Å². The van der Waals surface area contributed by atoms with E-state index in [1.807, 2.05) is 48.1 Å². The number of nitrogen functional groups attached to an aromatic ring is 1. The first kappa shape index (κ1) is 16.5. The first-order chi connectivity index (χ1) is 13.0. The van der Waals surface area contributed by atoms with Gasteiger partial charge in [0.1, 0.15) is 5.69 Å². The summed E-state index contributed by atoms with van der Waals surface area (Å²) in [5.74, 6) is 0.347. The first-order valence-electron chi connectivity index (χ1n) is 8.21. The molecule has 2 aromatic heterocycles. The number of nitrogens with zero attached hydrogens (tertiary/aromatic N) is 4. The van der Waals surface area contributed by atoms with E-state index in [0.717, 1.165) is 22.2 Å². The van der Waals surface area contributed by atoms with E-state index in [0.29, 0.717) is 11.6 Å². The first-order valence-corrected chi connectivity index (χ1v) is 8.21. The third-order valence-corrected chi connectivity index (χ3v) is 4.31. The monoisotopic (exact) mass is 360 g/mol. The predicted octanol–water partition coefficient (Wildman–Crippen LogP) is 3.87. The number of aromatic nitrogens is 3. The minimum Gasteiger partial charge on any atom is -0.393 e. The quantitative estimate of drug-likeness (QED) is 0.325. The number of hydrogen-bond acceptors (Lipinski definition) is 6. The lowest BCUT2D eigenvalue weighted by molar-refractivity contribution is -0.383. The largest absolute Gasteiger partial charge is 0.393 e. The van der Waals surface area contributed by atoms with Crippen LogP contribution in [0.25, 0.3) is 22.2 Å². The fourth-order valence-corrected chi connectivity index (χ4v) is 3.02. The van der Waals surface area contributed by atoms with E-state index in [1.54, 1.807) is 12.3 Å². The Morgan fingerprint density at radius 2 is 2.00 bits per heavy atom. The van der Waals surface area contributed by atoms with Gasteiger partial charge in [0.15, 0.2) is 0 Å². The number of benzene rings is 2. The highest BCUT2D eigenvalue weighted by Crippen LogP contribution is 2.30. The lowest BCUT2D eigenvalue weighted by atomic mass is 10.1. The van der Waals surface area contributed by atoms with Gasteiger partial charge in [-0.15, -0.1) is 0 Å². The van der Waals surface area contributed by atoms with Crippen molar-refractivity contribution in [1.29, 1.82) is 0 Å². The van der Waals surface area contributed by atoms with Gasteiger partial charge in [-0.3, -0.25) is 10.1 Å². The number of nitro benzene ring substituents is 1. The molecule has 0 unspecified atom stereocenters. The van der Waals surface area contributed by atoms with E-state index >= 15 is 0 Å². The maximum absolute atomic E-state index is 11.1. The molecule has 0 aliphatic heterocycles. The van der Waals surface area contributed by atoms with Crippen LogP contribution in [-0.4, -0.2) is 19.5 Å². The molecule has 134 valence electrons. The van der Waals surface area contributed by atoms with Crippen molar-refractivity contribution in [2.45, 2.75) is 0 Å². The SMILES string of the molecule is Cn1cc(-c2ccnc(Nc3ccc(N)c([N+](=O)[O-])c3)n2)c2ccccc21. The molecule has 4 aromatic rings. The molecule has 27 heavy (non-hydrogen) atoms. The van der Waals surface area contributed by atoms with E-state index in [4.69, 9.17) is 5.73 Å². The number of anilines is 3. The summed E-state index contributed by atoms with van der Waals surface area (Å²) in [5, 5.41) is 15.1. The van der Waals surface area contributed by atoms with Crippen molar-refractivity contribution >= 4 is 33.9 Å². The highest BCUT2D eigenvalue weighted by atomic mass is 16.6. The third-order valence-electron chi connectivity index (χ3n) is 4.31. The van der Waals surface area contributed by atoms with Gasteiger partial charge in [-0.25, -0.2) is 9.97 Å². The zero-order valence-corrected chi connectivity index (χ0v) is 14.5. The highest BCUT2D eigenvalue weighted by Gasteiger charge is 2.13. The van der Waals surface area contributed by atoms with Crippen LogP contribution < -0.4 is 11.1 Å². The van der Waals surface area contributed by atoms with Gasteiger partial charge in [-0.2, -0.15) is 0 Å². The van der Waals surface area contributed by atoms with E-state index in [2.05, 4.69) is 15.3 Å². The zero-order chi connectivity index (χ0) is 19.0. The fourth-order valence-electron chi connectivity index (χ4n) is 3.02. The second-order valence-corrected chi connectivity index (χ2v) is 6.09. The second-order valence-electron chi connectivity index (χ2n) is 6.09. The summed E-state index contributed by atoms with van der Waals surface area (Å²) in [6.07, 6.45) is 3.67. The minimum absolute atomic E-state index is 0.107. The number of hydrogen-bond donors (Lipinski definition) is 2. The van der Waals surface area contributed by atoms with Crippen LogP contribution in [0.1, 0.15) is 0 Å². The number of rotatable bonds is 4. The van der Waals surface area contributed by atoms with Crippen molar-refractivity contribution < 1.29 is 4.92 Å². The number of fused-ring (bicyclic) bond motifs is 1. The average molecular weight is 360 g/mol. The van der Waals surface area contributed by atoms with Crippen LogP contribution in [0.5, 0.6) is 0 Å². The Balaban J connectivity index is 1.71. The molecule has 3 N–H and O–H groups in total. The molecule has 0 saturated carbocycles. The molecule has 0 spiro atoms. The molecule has 0 aliphatic rings. The third kappa shape index (κ3) is 3.04. The zero-order valence-electron chi connectivity index (χ0n) is 14.5. The summed E-state index contributed by atoms with van der Waals surface area (Å²) < 4.78 is 2.04. The van der Waals surface area contributed by atoms with Gasteiger partial charge in [0.2, 0.25) is 5.95 Å². The van der Waals surface area contributed by atoms with Crippen LogP contribution in [0, 0.1) is 10.1 Å². The van der Waals surface area contributed by atoms with Gasteiger partial charge < -0.3 is 15.6 Å². The molecule has 0 saturated heterocycles. The Morgan fingerprint density at radius 3 is 2.81 bits per heavy atom. The smallest absolute Gasteiger partial charge is 0.294 e. The summed E-state index contributed by atoms with van der Waals surface area (Å²) in [7, 11) is 1.99. The van der Waals surface area contributed by atoms with Gasteiger partial charge in [-0.05, 0) is 24.3 Å². The summed E-state index contributed by atoms with van der Waals surface area (Å²) in [5.41, 5.74) is 8.93. The maximum Gasteiger partial charge on any atom is 0.294 e. The molecule has 4 rings (SSSR count). The molecule has 8 nitrogen and oxygen atoms in total. The lowest BCUT2D eigenvalue weighted by Gasteiger charge is -2.07. The summed E-state index contributed by atoms with van der Waals surface area (Å²) >= 11 is 0. The van der Waals surface area contributed by atoms with Crippen LogP contribution in [0.4, 0.5) is 23.0 Å². The molecular weight excluding hydrogens is 344 g/mol. The number of aryl methyl sites for hydroxylation is 1. The van der Waals surface area contributed by atoms with E-state index in [9.17, 15) is 10.1 Å². The highest BCUT2D eigenvalue weighted by molar-refractivity contribution is 5.95. The molecule has 2 aromatic carbocycles. The van der Waals surface area contributed by atoms with Gasteiger partial charge in [-0.1, -0.05) is 18.2 Å². The van der Waals surface area contributed by atoms with E-state index in [-0.39, 0.29) is 11.4 Å². The van der Waals surface area contributed by atoms with Crippen LogP contribution in [0.3, 0.4) is 0 Å². The molecule has 0 amide bonds. The van der Waals surface area contributed by atoms with Gasteiger partial charge in [0, 0.05) is 47.7 Å². The number of para-hydroxylation sites is 1. The van der Waals surface area contributed by atoms with Crippen molar-refractivity contribution in [3.05, 3.63) is 71.0 Å². The van der Waals surface area contributed by atoms with E-state index in [1.165, 1.54) is 12.1 Å². The molecule has 0 fully saturated rings. The number of nitrogens with two attached hydrogens (primary N) is 1. The summed E-state index contributed by atoms with van der Waals surface area (Å²) in [6, 6.07) is 14.4. The van der Waals surface area contributed by atoms with Gasteiger partial charge in [0.05, 0.1) is 10.6 Å². The fraction of sp³-hybridized carbons (Fsp3) is 0.0526. The molecule has 8 heteroatoms. The summed E-state index contributed by atoms with van der Waals surface area (Å²) in [6.45, 7) is 0. The molecule has 2 heterocycles. The Morgan fingerprint density at radius 1 is 1.19 bits per heavy atom. The molecule has 0 aliphatic carbocycles. The second kappa shape index (κ2) is 6.41. The Labute approximate surface area is 154 Å². The minimum atomic E-state index is -0.520. The Kier molecular flexibility index (Phi) is 3.92. The van der Waals surface area contributed by atoms with Crippen LogP contribution in [0.2, 0.25) is 0 Å². The normalized spacial score (nSPS) is 10.9. The van der Waals surface area contributed by atoms with Crippen LogP contribution >= 0.6 is 0 Å². The Bertz CT molecular complexity index is 1170. The Hall–Kier alpha value is -3.94. The maximum atomic E-state index is 11.1. The van der Waals surface area contributed by atoms with Crippen LogP contribution in [-0.2, 0) is 7.05 Å². The summed E-state index contributed by atoms with van der Waals surface area (Å²) in [4.78, 5) is 19.3. The molecule has 0 bridgehead atoms. The molecule has 0 atom stereocenters. The van der Waals surface area contributed by atoms with Gasteiger partial charge >= 0.3 is 0 Å². The average Bonchev–Trinajstić information content (AvgIpc) is 3.00. The standard InChI is InChI=1S/C19H16N6O2/c1-24-11-14(13-4-2-3-5-17(13)24)16-8-9-21-19(23-16)22-12-6-7-15(20)18(10-12)25(26)27/h2-11H,20H2,1H3,(H,21,22,23). The number of nitrogens with one attached hydrogen (secondary N) is 1. The predicted molar refractivity (Wildman–Crippen MR) is 105 cm³/mol.